The van der Waals surface area contributed by atoms with Crippen LogP contribution in [-0.2, 0) is 39.7 Å². The number of aryl methyl sites for hydroxylation is 2. The summed E-state index contributed by atoms with van der Waals surface area (Å²) in [6, 6.07) is 13.2. The summed E-state index contributed by atoms with van der Waals surface area (Å²) >= 11 is 2.19. The molecular weight excluding hydrogens is 915 g/mol. The van der Waals surface area contributed by atoms with Crippen LogP contribution in [0.3, 0.4) is 0 Å². The monoisotopic (exact) mass is 962 g/mol. The third-order valence-electron chi connectivity index (χ3n) is 9.67. The van der Waals surface area contributed by atoms with Gasteiger partial charge in [0, 0.05) is 15.6 Å². The van der Waals surface area contributed by atoms with Gasteiger partial charge in [0.25, 0.3) is 7.37 Å². The number of halogens is 1. The molecule has 18 heteroatoms. The SMILES string of the molecule is Cc1cc(C(C)(C)C)cc(-c2c(OCP(=O)(O)O)ccc3c2P(=O)(O)c2c-3ccc(OCP(=O)(O)O)c2-c2cc(C(C)(C)C)cc(C)c2CP(=O)(O)O)c1CI. The van der Waals surface area contributed by atoms with Crippen molar-refractivity contribution in [3.8, 4) is 44.9 Å². The van der Waals surface area contributed by atoms with Gasteiger partial charge in [0.15, 0.2) is 12.7 Å². The summed E-state index contributed by atoms with van der Waals surface area (Å²) in [7, 11) is -19.2. The second kappa shape index (κ2) is 15.5. The molecule has 4 aromatic carbocycles. The largest absolute Gasteiger partial charge is 0.480 e. The van der Waals surface area contributed by atoms with Crippen LogP contribution in [0, 0.1) is 13.8 Å². The Labute approximate surface area is 340 Å². The average molecular weight is 963 g/mol. The van der Waals surface area contributed by atoms with E-state index < -0.39 is 54.4 Å². The highest BCUT2D eigenvalue weighted by atomic mass is 127. The molecular formula is C38H47IO13P4. The lowest BCUT2D eigenvalue weighted by Crippen LogP contribution is -2.18. The summed E-state index contributed by atoms with van der Waals surface area (Å²) in [5.74, 6) is -0.261. The summed E-state index contributed by atoms with van der Waals surface area (Å²) in [4.78, 5) is 72.7. The molecule has 1 aliphatic heterocycles. The van der Waals surface area contributed by atoms with E-state index in [1.807, 2.05) is 60.6 Å². The van der Waals surface area contributed by atoms with Crippen molar-refractivity contribution < 1.29 is 62.0 Å². The Hall–Kier alpha value is -2.15. The Kier molecular flexibility index (Phi) is 12.4. The molecule has 0 radical (unpaired) electrons. The van der Waals surface area contributed by atoms with Gasteiger partial charge in [-0.15, -0.1) is 0 Å². The molecule has 0 saturated carbocycles. The smallest absolute Gasteiger partial charge is 0.362 e. The van der Waals surface area contributed by atoms with E-state index >= 15 is 4.57 Å². The molecule has 304 valence electrons. The molecule has 0 bridgehead atoms. The van der Waals surface area contributed by atoms with Crippen LogP contribution in [0.4, 0.5) is 0 Å². The zero-order chi connectivity index (χ0) is 42.1. The normalized spacial score (nSPS) is 16.1. The Balaban J connectivity index is 1.99. The predicted molar refractivity (Wildman–Crippen MR) is 227 cm³/mol. The number of rotatable bonds is 11. The second-order valence-electron chi connectivity index (χ2n) is 16.2. The van der Waals surface area contributed by atoms with Gasteiger partial charge in [0.1, 0.15) is 11.5 Å². The number of hydrogen-bond acceptors (Lipinski definition) is 6. The van der Waals surface area contributed by atoms with Crippen LogP contribution in [0.2, 0.25) is 0 Å². The van der Waals surface area contributed by atoms with Crippen LogP contribution in [0.5, 0.6) is 11.5 Å². The van der Waals surface area contributed by atoms with Gasteiger partial charge in [-0.1, -0.05) is 88.4 Å². The Morgan fingerprint density at radius 3 is 1.32 bits per heavy atom. The molecule has 1 aliphatic rings. The fraction of sp³-hybridized carbons (Fsp3) is 0.368. The average Bonchev–Trinajstić information content (AvgIpc) is 3.26. The van der Waals surface area contributed by atoms with Crippen LogP contribution in [0.1, 0.15) is 74.9 Å². The molecule has 13 nitrogen and oxygen atoms in total. The van der Waals surface area contributed by atoms with Crippen molar-refractivity contribution in [1.82, 2.24) is 0 Å². The van der Waals surface area contributed by atoms with Gasteiger partial charge in [-0.2, -0.15) is 0 Å². The van der Waals surface area contributed by atoms with E-state index in [0.29, 0.717) is 21.1 Å². The van der Waals surface area contributed by atoms with Crippen LogP contribution in [-0.4, -0.2) is 46.9 Å². The molecule has 0 saturated heterocycles. The predicted octanol–water partition coefficient (Wildman–Crippen LogP) is 8.07. The quantitative estimate of drug-likeness (QED) is 0.0429. The van der Waals surface area contributed by atoms with E-state index in [1.54, 1.807) is 19.1 Å². The maximum absolute atomic E-state index is 15.7. The first-order valence-corrected chi connectivity index (χ1v) is 25.9. The topological polar surface area (TPSA) is 228 Å². The first-order valence-electron chi connectivity index (χ1n) is 17.4. The standard InChI is InChI=1S/C38H47IO13P4/c1-21-13-23(37(3,4)5)15-27(29(21)17-39)33-31(51-19-54(43,44)45)11-9-25-26-10-12-32(52-20-55(46,47)48)34(36(26)56(49,50)35(25)33)28-16-24(38(6,7)8)14-22(2)30(28)18-53(40,41)42/h9-16H,17-20H2,1-8H3,(H,49,50)(H2,40,41,42)(H2,43,44,45)(H2,46,47,48). The lowest BCUT2D eigenvalue weighted by Gasteiger charge is -2.26. The van der Waals surface area contributed by atoms with Crippen molar-refractivity contribution >= 4 is 63.4 Å². The highest BCUT2D eigenvalue weighted by Gasteiger charge is 2.45. The van der Waals surface area contributed by atoms with Crippen LogP contribution in [0.25, 0.3) is 33.4 Å². The van der Waals surface area contributed by atoms with E-state index in [0.717, 1.165) is 16.7 Å². The van der Waals surface area contributed by atoms with Gasteiger partial charge in [0.2, 0.25) is 0 Å². The third kappa shape index (κ3) is 9.49. The van der Waals surface area contributed by atoms with Crippen molar-refractivity contribution in [2.45, 2.75) is 76.8 Å². The second-order valence-corrected chi connectivity index (χ2v) is 23.8. The van der Waals surface area contributed by atoms with E-state index in [4.69, 9.17) is 9.47 Å². The van der Waals surface area contributed by atoms with Gasteiger partial charge in [-0.3, -0.25) is 18.3 Å². The first kappa shape index (κ1) is 44.9. The molecule has 5 rings (SSSR count). The molecule has 7 N–H and O–H groups in total. The van der Waals surface area contributed by atoms with Gasteiger partial charge >= 0.3 is 22.8 Å². The molecule has 0 aromatic heterocycles. The van der Waals surface area contributed by atoms with Crippen molar-refractivity contribution in [2.24, 2.45) is 0 Å². The Bertz CT molecular complexity index is 2430. The van der Waals surface area contributed by atoms with Crippen molar-refractivity contribution in [2.75, 3.05) is 12.7 Å². The minimum Gasteiger partial charge on any atom is -0.480 e. The molecule has 1 unspecified atom stereocenters. The fourth-order valence-corrected chi connectivity index (χ4v) is 11.7. The summed E-state index contributed by atoms with van der Waals surface area (Å²) in [5, 5.41) is -0.290. The maximum Gasteiger partial charge on any atom is 0.362 e. The minimum absolute atomic E-state index is 0.0574. The molecule has 0 aliphatic carbocycles. The van der Waals surface area contributed by atoms with E-state index in [1.165, 1.54) is 24.3 Å². The maximum atomic E-state index is 15.7. The highest BCUT2D eigenvalue weighted by Crippen LogP contribution is 2.59. The third-order valence-corrected chi connectivity index (χ3v) is 14.2. The fourth-order valence-electron chi connectivity index (χ4n) is 6.93. The van der Waals surface area contributed by atoms with Gasteiger partial charge in [-0.05, 0) is 105 Å². The lowest BCUT2D eigenvalue weighted by atomic mass is 9.81. The molecule has 4 aromatic rings. The molecule has 0 spiro atoms. The van der Waals surface area contributed by atoms with Crippen molar-refractivity contribution in [1.29, 1.82) is 0 Å². The molecule has 1 heterocycles. The van der Waals surface area contributed by atoms with Gasteiger partial charge in [-0.25, -0.2) is 0 Å². The van der Waals surface area contributed by atoms with E-state index in [-0.39, 0.29) is 60.9 Å². The zero-order valence-electron chi connectivity index (χ0n) is 32.2. The molecule has 1 atom stereocenters. The summed E-state index contributed by atoms with van der Waals surface area (Å²) in [6.07, 6.45) is -2.88. The van der Waals surface area contributed by atoms with E-state index in [9.17, 15) is 47.9 Å². The number of ether oxygens (including phenoxy) is 2. The lowest BCUT2D eigenvalue weighted by molar-refractivity contribution is 0.300. The van der Waals surface area contributed by atoms with Crippen LogP contribution >= 0.6 is 52.7 Å². The van der Waals surface area contributed by atoms with Crippen LogP contribution < -0.4 is 20.1 Å². The molecule has 0 amide bonds. The minimum atomic E-state index is -4.90. The van der Waals surface area contributed by atoms with Gasteiger partial charge < -0.3 is 43.7 Å². The zero-order valence-corrected chi connectivity index (χ0v) is 37.9. The number of alkyl halides is 1. The van der Waals surface area contributed by atoms with E-state index in [2.05, 4.69) is 22.6 Å². The Morgan fingerprint density at radius 2 is 0.982 bits per heavy atom. The van der Waals surface area contributed by atoms with Crippen molar-refractivity contribution in [3.63, 3.8) is 0 Å². The molecule has 56 heavy (non-hydrogen) atoms. The summed E-state index contributed by atoms with van der Waals surface area (Å²) < 4.78 is 64.6. The number of fused-ring (bicyclic) bond motifs is 3. The number of hydrogen-bond donors (Lipinski definition) is 7. The molecule has 0 fully saturated rings. The van der Waals surface area contributed by atoms with Crippen LogP contribution in [0.15, 0.2) is 48.5 Å². The van der Waals surface area contributed by atoms with Crippen molar-refractivity contribution in [3.05, 3.63) is 81.9 Å². The van der Waals surface area contributed by atoms with Gasteiger partial charge in [0.05, 0.1) is 16.8 Å². The Morgan fingerprint density at radius 1 is 0.607 bits per heavy atom. The number of benzene rings is 4. The first-order chi connectivity index (χ1) is 25.4. The summed E-state index contributed by atoms with van der Waals surface area (Å²) in [5.41, 5.74) is 4.17. The summed E-state index contributed by atoms with van der Waals surface area (Å²) in [6.45, 7) is 15.4. The highest BCUT2D eigenvalue weighted by molar-refractivity contribution is 14.1.